The Bertz CT molecular complexity index is 444. The monoisotopic (exact) mass is 276 g/mol. The molecule has 0 saturated carbocycles. The Kier molecular flexibility index (Phi) is 5.01. The lowest BCUT2D eigenvalue weighted by molar-refractivity contribution is 0.0833. The summed E-state index contributed by atoms with van der Waals surface area (Å²) in [7, 11) is 0. The van der Waals surface area contributed by atoms with Gasteiger partial charge in [0.05, 0.1) is 6.61 Å². The molecule has 0 aliphatic carbocycles. The molecule has 2 unspecified atom stereocenters. The van der Waals surface area contributed by atoms with Gasteiger partial charge >= 0.3 is 6.09 Å². The van der Waals surface area contributed by atoms with Gasteiger partial charge in [0, 0.05) is 19.1 Å². The lowest BCUT2D eigenvalue weighted by atomic mass is 9.89. The fraction of sp³-hybridized carbons (Fsp3) is 0.562. The van der Waals surface area contributed by atoms with Crippen LogP contribution in [0, 0.1) is 12.8 Å². The number of carbonyl (C=O) groups excluding carboxylic acids is 1. The molecule has 2 atom stereocenters. The van der Waals surface area contributed by atoms with Crippen LogP contribution in [0.15, 0.2) is 24.3 Å². The number of amides is 1. The summed E-state index contributed by atoms with van der Waals surface area (Å²) in [5, 5.41) is 0. The van der Waals surface area contributed by atoms with E-state index in [0.717, 1.165) is 19.4 Å². The normalized spacial score (nSPS) is 22.6. The molecule has 0 radical (unpaired) electrons. The number of likely N-dealkylation sites (tertiary alicyclic amines) is 1. The van der Waals surface area contributed by atoms with Crippen molar-refractivity contribution in [2.75, 3.05) is 19.7 Å². The van der Waals surface area contributed by atoms with Gasteiger partial charge in [-0.2, -0.15) is 0 Å². The van der Waals surface area contributed by atoms with Gasteiger partial charge in [-0.05, 0) is 38.2 Å². The van der Waals surface area contributed by atoms with Crippen molar-refractivity contribution in [1.29, 1.82) is 0 Å². The maximum Gasteiger partial charge on any atom is 0.409 e. The maximum absolute atomic E-state index is 11.8. The summed E-state index contributed by atoms with van der Waals surface area (Å²) in [5.41, 5.74) is 8.65. The molecule has 0 spiro atoms. The number of nitrogens with zero attached hydrogens (tertiary/aromatic N) is 1. The number of ether oxygens (including phenoxy) is 1. The van der Waals surface area contributed by atoms with Crippen LogP contribution in [-0.4, -0.2) is 36.7 Å². The van der Waals surface area contributed by atoms with E-state index in [2.05, 4.69) is 31.2 Å². The smallest absolute Gasteiger partial charge is 0.409 e. The fourth-order valence-corrected chi connectivity index (χ4v) is 2.82. The highest BCUT2D eigenvalue weighted by Crippen LogP contribution is 2.21. The summed E-state index contributed by atoms with van der Waals surface area (Å²) in [6.07, 6.45) is 1.68. The summed E-state index contributed by atoms with van der Waals surface area (Å²) in [5.74, 6) is 0.408. The van der Waals surface area contributed by atoms with E-state index in [1.54, 1.807) is 4.90 Å². The highest BCUT2D eigenvalue weighted by Gasteiger charge is 2.28. The van der Waals surface area contributed by atoms with Crippen LogP contribution in [0.4, 0.5) is 4.79 Å². The highest BCUT2D eigenvalue weighted by atomic mass is 16.6. The Labute approximate surface area is 120 Å². The molecule has 1 aromatic rings. The molecule has 1 amide bonds. The quantitative estimate of drug-likeness (QED) is 0.922. The Morgan fingerprint density at radius 1 is 1.35 bits per heavy atom. The second kappa shape index (κ2) is 6.75. The van der Waals surface area contributed by atoms with E-state index in [1.165, 1.54) is 11.1 Å². The van der Waals surface area contributed by atoms with Gasteiger partial charge in [-0.3, -0.25) is 0 Å². The molecule has 2 N–H and O–H groups in total. The van der Waals surface area contributed by atoms with E-state index in [-0.39, 0.29) is 12.1 Å². The van der Waals surface area contributed by atoms with Crippen molar-refractivity contribution in [3.05, 3.63) is 35.4 Å². The van der Waals surface area contributed by atoms with Gasteiger partial charge in [-0.25, -0.2) is 4.79 Å². The zero-order chi connectivity index (χ0) is 14.5. The van der Waals surface area contributed by atoms with E-state index < -0.39 is 0 Å². The number of aryl methyl sites for hydroxylation is 1. The average molecular weight is 276 g/mol. The van der Waals surface area contributed by atoms with Crippen LogP contribution in [0.2, 0.25) is 0 Å². The molecular formula is C16H24N2O2. The van der Waals surface area contributed by atoms with Crippen molar-refractivity contribution in [1.82, 2.24) is 4.90 Å². The number of hydrogen-bond acceptors (Lipinski definition) is 3. The third-order valence-electron chi connectivity index (χ3n) is 3.74. The predicted molar refractivity (Wildman–Crippen MR) is 79.6 cm³/mol. The second-order valence-electron chi connectivity index (χ2n) is 5.66. The zero-order valence-corrected chi connectivity index (χ0v) is 12.3. The summed E-state index contributed by atoms with van der Waals surface area (Å²) in [4.78, 5) is 13.6. The molecule has 1 aliphatic rings. The van der Waals surface area contributed by atoms with Gasteiger partial charge in [-0.15, -0.1) is 0 Å². The minimum absolute atomic E-state index is 0.0450. The van der Waals surface area contributed by atoms with E-state index in [9.17, 15) is 4.79 Å². The van der Waals surface area contributed by atoms with Crippen molar-refractivity contribution in [3.8, 4) is 0 Å². The van der Waals surface area contributed by atoms with Crippen LogP contribution in [-0.2, 0) is 11.2 Å². The molecule has 2 rings (SSSR count). The summed E-state index contributed by atoms with van der Waals surface area (Å²) in [6, 6.07) is 8.61. The van der Waals surface area contributed by atoms with Gasteiger partial charge in [0.25, 0.3) is 0 Å². The SMILES string of the molecule is CCOC(=O)N1CC(N)CC(Cc2ccc(C)cc2)C1. The molecule has 0 aromatic heterocycles. The number of nitrogens with two attached hydrogens (primary N) is 1. The van der Waals surface area contributed by atoms with Crippen LogP contribution in [0.25, 0.3) is 0 Å². The molecule has 0 bridgehead atoms. The minimum atomic E-state index is -0.239. The van der Waals surface area contributed by atoms with E-state index in [1.807, 2.05) is 6.92 Å². The molecule has 1 aliphatic heterocycles. The Morgan fingerprint density at radius 3 is 2.70 bits per heavy atom. The van der Waals surface area contributed by atoms with Crippen molar-refractivity contribution < 1.29 is 9.53 Å². The third kappa shape index (κ3) is 3.97. The molecular weight excluding hydrogens is 252 g/mol. The topological polar surface area (TPSA) is 55.6 Å². The van der Waals surface area contributed by atoms with Crippen LogP contribution in [0.1, 0.15) is 24.5 Å². The number of carbonyl (C=O) groups is 1. The van der Waals surface area contributed by atoms with Crippen molar-refractivity contribution in [3.63, 3.8) is 0 Å². The predicted octanol–water partition coefficient (Wildman–Crippen LogP) is 2.34. The highest BCUT2D eigenvalue weighted by molar-refractivity contribution is 5.67. The average Bonchev–Trinajstić information content (AvgIpc) is 2.41. The third-order valence-corrected chi connectivity index (χ3v) is 3.74. The number of hydrogen-bond donors (Lipinski definition) is 1. The van der Waals surface area contributed by atoms with Crippen molar-refractivity contribution >= 4 is 6.09 Å². The van der Waals surface area contributed by atoms with Crippen LogP contribution < -0.4 is 5.73 Å². The summed E-state index contributed by atoms with van der Waals surface area (Å²) in [6.45, 7) is 5.66. The lowest BCUT2D eigenvalue weighted by Gasteiger charge is -2.35. The first kappa shape index (κ1) is 14.9. The van der Waals surface area contributed by atoms with Gasteiger partial charge in [0.1, 0.15) is 0 Å². The first-order valence-electron chi connectivity index (χ1n) is 7.31. The van der Waals surface area contributed by atoms with Crippen LogP contribution >= 0.6 is 0 Å². The Hall–Kier alpha value is -1.55. The van der Waals surface area contributed by atoms with Crippen LogP contribution in [0.3, 0.4) is 0 Å². The van der Waals surface area contributed by atoms with Gasteiger partial charge < -0.3 is 15.4 Å². The Balaban J connectivity index is 1.97. The van der Waals surface area contributed by atoms with Gasteiger partial charge in [0.15, 0.2) is 0 Å². The first-order valence-corrected chi connectivity index (χ1v) is 7.31. The second-order valence-corrected chi connectivity index (χ2v) is 5.66. The standard InChI is InChI=1S/C16H24N2O2/c1-3-20-16(19)18-10-14(9-15(17)11-18)8-13-6-4-12(2)5-7-13/h4-7,14-15H,3,8-11,17H2,1-2H3. The molecule has 1 aromatic carbocycles. The van der Waals surface area contributed by atoms with Crippen LogP contribution in [0.5, 0.6) is 0 Å². The lowest BCUT2D eigenvalue weighted by Crippen LogP contribution is -2.50. The van der Waals surface area contributed by atoms with E-state index in [0.29, 0.717) is 19.1 Å². The number of piperidine rings is 1. The van der Waals surface area contributed by atoms with Crippen molar-refractivity contribution in [2.45, 2.75) is 32.7 Å². The number of benzene rings is 1. The maximum atomic E-state index is 11.8. The molecule has 110 valence electrons. The molecule has 4 nitrogen and oxygen atoms in total. The Morgan fingerprint density at radius 2 is 2.05 bits per heavy atom. The first-order chi connectivity index (χ1) is 9.58. The zero-order valence-electron chi connectivity index (χ0n) is 12.3. The van der Waals surface area contributed by atoms with Gasteiger partial charge in [0.2, 0.25) is 0 Å². The fourth-order valence-electron chi connectivity index (χ4n) is 2.82. The molecule has 4 heteroatoms. The van der Waals surface area contributed by atoms with Gasteiger partial charge in [-0.1, -0.05) is 29.8 Å². The summed E-state index contributed by atoms with van der Waals surface area (Å²) >= 11 is 0. The van der Waals surface area contributed by atoms with E-state index in [4.69, 9.17) is 10.5 Å². The van der Waals surface area contributed by atoms with E-state index >= 15 is 0 Å². The van der Waals surface area contributed by atoms with Crippen molar-refractivity contribution in [2.24, 2.45) is 11.7 Å². The molecule has 1 fully saturated rings. The minimum Gasteiger partial charge on any atom is -0.450 e. The summed E-state index contributed by atoms with van der Waals surface area (Å²) < 4.78 is 5.08. The number of rotatable bonds is 3. The molecule has 20 heavy (non-hydrogen) atoms. The molecule has 1 heterocycles. The largest absolute Gasteiger partial charge is 0.450 e. The molecule has 1 saturated heterocycles.